The van der Waals surface area contributed by atoms with Crippen molar-refractivity contribution in [2.24, 2.45) is 0 Å². The molecule has 0 radical (unpaired) electrons. The van der Waals surface area contributed by atoms with Gasteiger partial charge in [-0.05, 0) is 12.0 Å². The molecule has 0 bridgehead atoms. The van der Waals surface area contributed by atoms with Crippen LogP contribution in [0.15, 0.2) is 11.1 Å². The maximum Gasteiger partial charge on any atom is 0.338 e. The lowest BCUT2D eigenvalue weighted by atomic mass is 10.1. The van der Waals surface area contributed by atoms with Gasteiger partial charge in [0.05, 0.1) is 18.8 Å². The van der Waals surface area contributed by atoms with Gasteiger partial charge in [0.15, 0.2) is 6.79 Å². The lowest BCUT2D eigenvalue weighted by Gasteiger charge is -2.08. The van der Waals surface area contributed by atoms with E-state index in [1.54, 1.807) is 6.92 Å². The van der Waals surface area contributed by atoms with Crippen LogP contribution in [0.5, 0.6) is 0 Å². The Morgan fingerprint density at radius 3 is 2.15 bits per heavy atom. The maximum absolute atomic E-state index is 11.0. The van der Waals surface area contributed by atoms with Crippen LogP contribution in [0, 0.1) is 0 Å². The van der Waals surface area contributed by atoms with Gasteiger partial charge in [0.25, 0.3) is 0 Å². The van der Waals surface area contributed by atoms with Gasteiger partial charge >= 0.3 is 5.97 Å². The Labute approximate surface area is 76.3 Å². The summed E-state index contributed by atoms with van der Waals surface area (Å²) < 4.78 is 4.27. The summed E-state index contributed by atoms with van der Waals surface area (Å²) in [6.45, 7) is 0.216. The first-order valence-electron chi connectivity index (χ1n) is 3.91. The molecule has 0 fully saturated rings. The molecule has 5 nitrogen and oxygen atoms in total. The van der Waals surface area contributed by atoms with E-state index < -0.39 is 19.4 Å². The van der Waals surface area contributed by atoms with Crippen LogP contribution in [-0.2, 0) is 9.53 Å². The topological polar surface area (TPSA) is 87.0 Å². The van der Waals surface area contributed by atoms with Crippen molar-refractivity contribution in [1.82, 2.24) is 0 Å². The molecule has 0 atom stereocenters. The first-order valence-corrected chi connectivity index (χ1v) is 3.91. The molecule has 0 heterocycles. The van der Waals surface area contributed by atoms with E-state index in [9.17, 15) is 4.79 Å². The van der Waals surface area contributed by atoms with Crippen molar-refractivity contribution in [2.45, 2.75) is 13.3 Å². The first-order chi connectivity index (χ1) is 6.21. The third-order valence-electron chi connectivity index (χ3n) is 1.64. The van der Waals surface area contributed by atoms with Gasteiger partial charge in [-0.1, -0.05) is 6.92 Å². The molecule has 0 rings (SSSR count). The molecule has 0 amide bonds. The number of carbonyl (C=O) groups excluding carboxylic acids is 1. The van der Waals surface area contributed by atoms with E-state index in [1.165, 1.54) is 0 Å². The summed E-state index contributed by atoms with van der Waals surface area (Å²) in [6, 6.07) is 0. The monoisotopic (exact) mass is 190 g/mol. The Kier molecular flexibility index (Phi) is 6.13. The van der Waals surface area contributed by atoms with E-state index in [1.807, 2.05) is 0 Å². The number of hydrogen-bond acceptors (Lipinski definition) is 5. The predicted octanol–water partition coefficient (Wildman–Crippen LogP) is -0.829. The quantitative estimate of drug-likeness (QED) is 0.299. The van der Waals surface area contributed by atoms with Crippen LogP contribution in [0.3, 0.4) is 0 Å². The van der Waals surface area contributed by atoms with Crippen molar-refractivity contribution >= 4 is 5.97 Å². The Balaban J connectivity index is 4.63. The zero-order chi connectivity index (χ0) is 10.3. The standard InChI is InChI=1S/C8H14O5/c1-2-6(3-9)7(4-10)8(12)13-5-11/h9-11H,2-5H2,1H3. The van der Waals surface area contributed by atoms with Crippen molar-refractivity contribution < 1.29 is 24.9 Å². The van der Waals surface area contributed by atoms with Crippen molar-refractivity contribution in [1.29, 1.82) is 0 Å². The molecule has 0 spiro atoms. The second kappa shape index (κ2) is 6.59. The van der Waals surface area contributed by atoms with Gasteiger partial charge in [-0.15, -0.1) is 0 Å². The molecule has 0 aliphatic rings. The smallest absolute Gasteiger partial charge is 0.338 e. The fourth-order valence-corrected chi connectivity index (χ4v) is 0.887. The van der Waals surface area contributed by atoms with Gasteiger partial charge in [-0.3, -0.25) is 0 Å². The molecule has 0 aromatic carbocycles. The van der Waals surface area contributed by atoms with Crippen LogP contribution in [0.1, 0.15) is 13.3 Å². The summed E-state index contributed by atoms with van der Waals surface area (Å²) >= 11 is 0. The second-order valence-electron chi connectivity index (χ2n) is 2.31. The van der Waals surface area contributed by atoms with Gasteiger partial charge < -0.3 is 20.1 Å². The lowest BCUT2D eigenvalue weighted by Crippen LogP contribution is -2.15. The zero-order valence-electron chi connectivity index (χ0n) is 7.49. The molecule has 3 N–H and O–H groups in total. The predicted molar refractivity (Wildman–Crippen MR) is 44.7 cm³/mol. The fourth-order valence-electron chi connectivity index (χ4n) is 0.887. The van der Waals surface area contributed by atoms with E-state index in [0.717, 1.165) is 0 Å². The summed E-state index contributed by atoms with van der Waals surface area (Å²) in [4.78, 5) is 11.0. The largest absolute Gasteiger partial charge is 0.435 e. The van der Waals surface area contributed by atoms with Gasteiger partial charge in [0.1, 0.15) is 0 Å². The minimum atomic E-state index is -0.795. The Morgan fingerprint density at radius 1 is 1.23 bits per heavy atom. The highest BCUT2D eigenvalue weighted by Gasteiger charge is 2.13. The van der Waals surface area contributed by atoms with Gasteiger partial charge in [0.2, 0.25) is 0 Å². The van der Waals surface area contributed by atoms with Gasteiger partial charge in [-0.2, -0.15) is 0 Å². The third kappa shape index (κ3) is 3.54. The molecule has 5 heteroatoms. The van der Waals surface area contributed by atoms with Crippen LogP contribution < -0.4 is 0 Å². The molecule has 0 unspecified atom stereocenters. The highest BCUT2D eigenvalue weighted by Crippen LogP contribution is 2.09. The summed E-state index contributed by atoms with van der Waals surface area (Å²) in [7, 11) is 0. The molecule has 0 aromatic rings. The minimum absolute atomic E-state index is 0.0130. The lowest BCUT2D eigenvalue weighted by molar-refractivity contribution is -0.147. The Morgan fingerprint density at radius 2 is 1.85 bits per heavy atom. The summed E-state index contributed by atoms with van der Waals surface area (Å²) in [5, 5.41) is 25.9. The highest BCUT2D eigenvalue weighted by atomic mass is 16.6. The number of hydrogen-bond donors (Lipinski definition) is 3. The number of esters is 1. The fraction of sp³-hybridized carbons (Fsp3) is 0.625. The van der Waals surface area contributed by atoms with Gasteiger partial charge in [-0.25, -0.2) is 4.79 Å². The summed E-state index contributed by atoms with van der Waals surface area (Å²) in [5.74, 6) is -0.795. The normalized spacial score (nSPS) is 12.3. The van der Waals surface area contributed by atoms with Crippen LogP contribution in [0.2, 0.25) is 0 Å². The molecule has 76 valence electrons. The number of aliphatic hydroxyl groups is 3. The molecule has 0 aliphatic heterocycles. The SMILES string of the molecule is CCC(CO)=C(CO)C(=O)OCO. The molecule has 0 saturated carbocycles. The van der Waals surface area contributed by atoms with Crippen LogP contribution in [-0.4, -0.2) is 41.3 Å². The number of aliphatic hydroxyl groups excluding tert-OH is 3. The first kappa shape index (κ1) is 12.1. The van der Waals surface area contributed by atoms with Crippen LogP contribution >= 0.6 is 0 Å². The van der Waals surface area contributed by atoms with E-state index in [-0.39, 0.29) is 12.2 Å². The molecular formula is C8H14O5. The van der Waals surface area contributed by atoms with Crippen molar-refractivity contribution in [3.8, 4) is 0 Å². The molecule has 13 heavy (non-hydrogen) atoms. The average Bonchev–Trinajstić information content (AvgIpc) is 2.14. The molecule has 0 aliphatic carbocycles. The van der Waals surface area contributed by atoms with Crippen molar-refractivity contribution in [3.63, 3.8) is 0 Å². The molecule has 0 aromatic heterocycles. The zero-order valence-corrected chi connectivity index (χ0v) is 7.49. The number of carbonyl (C=O) groups is 1. The molecular weight excluding hydrogens is 176 g/mol. The molecule has 0 saturated heterocycles. The van der Waals surface area contributed by atoms with Crippen molar-refractivity contribution in [2.75, 3.05) is 20.0 Å². The Hall–Kier alpha value is -0.910. The van der Waals surface area contributed by atoms with Crippen LogP contribution in [0.25, 0.3) is 0 Å². The van der Waals surface area contributed by atoms with Crippen LogP contribution in [0.4, 0.5) is 0 Å². The minimum Gasteiger partial charge on any atom is -0.435 e. The number of ether oxygens (including phenoxy) is 1. The van der Waals surface area contributed by atoms with E-state index in [4.69, 9.17) is 15.3 Å². The van der Waals surface area contributed by atoms with E-state index in [2.05, 4.69) is 4.74 Å². The second-order valence-corrected chi connectivity index (χ2v) is 2.31. The van der Waals surface area contributed by atoms with E-state index >= 15 is 0 Å². The third-order valence-corrected chi connectivity index (χ3v) is 1.64. The highest BCUT2D eigenvalue weighted by molar-refractivity contribution is 5.89. The van der Waals surface area contributed by atoms with Crippen molar-refractivity contribution in [3.05, 3.63) is 11.1 Å². The van der Waals surface area contributed by atoms with Gasteiger partial charge in [0, 0.05) is 0 Å². The average molecular weight is 190 g/mol. The Bertz CT molecular complexity index is 191. The summed E-state index contributed by atoms with van der Waals surface area (Å²) in [6.07, 6.45) is 0.451. The van der Waals surface area contributed by atoms with E-state index in [0.29, 0.717) is 12.0 Å². The number of rotatable bonds is 5. The summed E-state index contributed by atoms with van der Waals surface area (Å²) in [5.41, 5.74) is 0.431. The maximum atomic E-state index is 11.0.